The molecule has 1 N–H and O–H groups in total. The number of anilines is 1. The zero-order valence-corrected chi connectivity index (χ0v) is 14.7. The van der Waals surface area contributed by atoms with Gasteiger partial charge in [-0.25, -0.2) is 9.37 Å². The number of thiazole rings is 1. The average Bonchev–Trinajstić information content (AvgIpc) is 3.07. The van der Waals surface area contributed by atoms with Gasteiger partial charge >= 0.3 is 0 Å². The fourth-order valence-electron chi connectivity index (χ4n) is 2.27. The molecule has 3 rings (SSSR count). The molecule has 0 saturated heterocycles. The molecule has 0 unspecified atom stereocenters. The van der Waals surface area contributed by atoms with Crippen LogP contribution in [0.3, 0.4) is 0 Å². The van der Waals surface area contributed by atoms with E-state index < -0.39 is 16.6 Å². The number of amides is 1. The summed E-state index contributed by atoms with van der Waals surface area (Å²) in [5.41, 5.74) is 1.13. The van der Waals surface area contributed by atoms with Gasteiger partial charge in [-0.05, 0) is 12.1 Å². The molecule has 1 amide bonds. The lowest BCUT2D eigenvalue weighted by atomic mass is 10.1. The summed E-state index contributed by atoms with van der Waals surface area (Å²) >= 11 is 7.08. The van der Waals surface area contributed by atoms with Gasteiger partial charge in [0.05, 0.1) is 17.0 Å². The second-order valence-electron chi connectivity index (χ2n) is 5.27. The molecule has 0 aliphatic rings. The van der Waals surface area contributed by atoms with Gasteiger partial charge in [0.2, 0.25) is 5.91 Å². The Bertz CT molecular complexity index is 973. The van der Waals surface area contributed by atoms with E-state index in [1.54, 1.807) is 17.5 Å². The highest BCUT2D eigenvalue weighted by molar-refractivity contribution is 7.14. The summed E-state index contributed by atoms with van der Waals surface area (Å²) in [6.07, 6.45) is -0.225. The predicted octanol–water partition coefficient (Wildman–Crippen LogP) is 4.69. The van der Waals surface area contributed by atoms with Gasteiger partial charge in [-0.15, -0.1) is 11.3 Å². The first kappa shape index (κ1) is 18.0. The maximum absolute atomic E-state index is 13.7. The minimum Gasteiger partial charge on any atom is -0.302 e. The molecule has 0 bridgehead atoms. The summed E-state index contributed by atoms with van der Waals surface area (Å²) in [7, 11) is 0. The van der Waals surface area contributed by atoms with Crippen molar-refractivity contribution in [2.75, 3.05) is 5.32 Å². The maximum Gasteiger partial charge on any atom is 0.270 e. The van der Waals surface area contributed by atoms with E-state index in [1.807, 2.05) is 0 Å². The number of nitrogens with one attached hydrogen (secondary N) is 1. The lowest BCUT2D eigenvalue weighted by Crippen LogP contribution is -2.15. The molecule has 0 aliphatic heterocycles. The summed E-state index contributed by atoms with van der Waals surface area (Å²) in [5, 5.41) is 15.6. The van der Waals surface area contributed by atoms with E-state index in [9.17, 15) is 19.3 Å². The average molecular weight is 392 g/mol. The summed E-state index contributed by atoms with van der Waals surface area (Å²) in [6, 6.07) is 10.2. The van der Waals surface area contributed by atoms with E-state index in [-0.39, 0.29) is 22.7 Å². The van der Waals surface area contributed by atoms with Crippen molar-refractivity contribution < 1.29 is 14.1 Å². The van der Waals surface area contributed by atoms with E-state index in [1.165, 1.54) is 41.7 Å². The number of rotatable bonds is 5. The number of carbonyl (C=O) groups excluding carboxylic acids is 1. The van der Waals surface area contributed by atoms with Crippen molar-refractivity contribution >= 4 is 39.7 Å². The number of benzene rings is 2. The number of nitro benzene ring substituents is 1. The van der Waals surface area contributed by atoms with Gasteiger partial charge in [-0.3, -0.25) is 14.9 Å². The Morgan fingerprint density at radius 2 is 2.08 bits per heavy atom. The largest absolute Gasteiger partial charge is 0.302 e. The zero-order valence-electron chi connectivity index (χ0n) is 13.1. The molecule has 6 nitrogen and oxygen atoms in total. The van der Waals surface area contributed by atoms with E-state index in [4.69, 9.17) is 11.6 Å². The summed E-state index contributed by atoms with van der Waals surface area (Å²) in [4.78, 5) is 26.7. The third-order valence-electron chi connectivity index (χ3n) is 3.50. The van der Waals surface area contributed by atoms with Crippen LogP contribution in [0.1, 0.15) is 5.56 Å². The van der Waals surface area contributed by atoms with Crippen molar-refractivity contribution in [3.8, 4) is 11.3 Å². The number of nitrogens with zero attached hydrogens (tertiary/aromatic N) is 2. The van der Waals surface area contributed by atoms with Gasteiger partial charge in [0.15, 0.2) is 5.13 Å². The SMILES string of the molecule is O=C(Cc1c(F)cccc1Cl)Nc1nc(-c2cccc([N+](=O)[O-])c2)cs1. The summed E-state index contributed by atoms with van der Waals surface area (Å²) < 4.78 is 13.7. The van der Waals surface area contributed by atoms with Crippen LogP contribution in [0.2, 0.25) is 5.02 Å². The Kier molecular flexibility index (Phi) is 5.24. The van der Waals surface area contributed by atoms with Crippen LogP contribution in [0.4, 0.5) is 15.2 Å². The van der Waals surface area contributed by atoms with E-state index in [0.717, 1.165) is 0 Å². The van der Waals surface area contributed by atoms with Crippen LogP contribution >= 0.6 is 22.9 Å². The van der Waals surface area contributed by atoms with Crippen LogP contribution in [0.25, 0.3) is 11.3 Å². The number of nitro groups is 1. The van der Waals surface area contributed by atoms with E-state index >= 15 is 0 Å². The molecule has 3 aromatic rings. The Labute approximate surface area is 156 Å². The number of carbonyl (C=O) groups is 1. The topological polar surface area (TPSA) is 85.1 Å². The van der Waals surface area contributed by atoms with Crippen molar-refractivity contribution in [3.63, 3.8) is 0 Å². The van der Waals surface area contributed by atoms with Crippen molar-refractivity contribution in [1.29, 1.82) is 0 Å². The summed E-state index contributed by atoms with van der Waals surface area (Å²) in [5.74, 6) is -1.01. The molecule has 26 heavy (non-hydrogen) atoms. The number of halogens is 2. The Morgan fingerprint density at radius 3 is 2.81 bits per heavy atom. The van der Waals surface area contributed by atoms with Gasteiger partial charge in [-0.1, -0.05) is 29.8 Å². The smallest absolute Gasteiger partial charge is 0.270 e. The molecule has 0 saturated carbocycles. The number of non-ortho nitro benzene ring substituents is 1. The highest BCUT2D eigenvalue weighted by Crippen LogP contribution is 2.28. The Morgan fingerprint density at radius 1 is 1.31 bits per heavy atom. The van der Waals surface area contributed by atoms with Gasteiger partial charge in [-0.2, -0.15) is 0 Å². The van der Waals surface area contributed by atoms with Crippen molar-refractivity contribution in [3.05, 3.63) is 74.4 Å². The van der Waals surface area contributed by atoms with Crippen molar-refractivity contribution in [2.24, 2.45) is 0 Å². The van der Waals surface area contributed by atoms with Crippen LogP contribution in [0.15, 0.2) is 47.8 Å². The number of hydrogen-bond donors (Lipinski definition) is 1. The molecule has 0 atom stereocenters. The van der Waals surface area contributed by atoms with Gasteiger partial charge < -0.3 is 5.32 Å². The molecule has 9 heteroatoms. The van der Waals surface area contributed by atoms with Gasteiger partial charge in [0.1, 0.15) is 5.82 Å². The van der Waals surface area contributed by atoms with Crippen molar-refractivity contribution in [2.45, 2.75) is 6.42 Å². The molecular weight excluding hydrogens is 381 g/mol. The van der Waals surface area contributed by atoms with Crippen molar-refractivity contribution in [1.82, 2.24) is 4.98 Å². The first-order valence-corrected chi connectivity index (χ1v) is 8.63. The highest BCUT2D eigenvalue weighted by atomic mass is 35.5. The molecule has 2 aromatic carbocycles. The molecule has 0 spiro atoms. The third kappa shape index (κ3) is 4.04. The fraction of sp³-hybridized carbons (Fsp3) is 0.0588. The quantitative estimate of drug-likeness (QED) is 0.505. The lowest BCUT2D eigenvalue weighted by molar-refractivity contribution is -0.384. The van der Waals surface area contributed by atoms with Crippen LogP contribution in [-0.2, 0) is 11.2 Å². The molecule has 132 valence electrons. The highest BCUT2D eigenvalue weighted by Gasteiger charge is 2.14. The number of aromatic nitrogens is 1. The maximum atomic E-state index is 13.7. The minimum atomic E-state index is -0.552. The molecule has 0 aliphatic carbocycles. The first-order chi connectivity index (χ1) is 12.4. The molecular formula is C17H11ClFN3O3S. The van der Waals surface area contributed by atoms with E-state index in [0.29, 0.717) is 16.4 Å². The monoisotopic (exact) mass is 391 g/mol. The molecule has 1 aromatic heterocycles. The standard InChI is InChI=1S/C17H11ClFN3O3S/c18-13-5-2-6-14(19)12(13)8-16(23)21-17-20-15(9-26-17)10-3-1-4-11(7-10)22(24)25/h1-7,9H,8H2,(H,20,21,23). The normalized spacial score (nSPS) is 10.5. The van der Waals surface area contributed by atoms with Crippen LogP contribution < -0.4 is 5.32 Å². The third-order valence-corrected chi connectivity index (χ3v) is 4.61. The second kappa shape index (κ2) is 7.59. The van der Waals surface area contributed by atoms with Gasteiger partial charge in [0, 0.05) is 33.7 Å². The zero-order chi connectivity index (χ0) is 18.7. The second-order valence-corrected chi connectivity index (χ2v) is 6.54. The Balaban J connectivity index is 1.73. The fourth-order valence-corrected chi connectivity index (χ4v) is 3.23. The molecule has 0 fully saturated rings. The summed E-state index contributed by atoms with van der Waals surface area (Å²) in [6.45, 7) is 0. The van der Waals surface area contributed by atoms with Crippen LogP contribution in [0.5, 0.6) is 0 Å². The minimum absolute atomic E-state index is 0.0460. The first-order valence-electron chi connectivity index (χ1n) is 7.37. The Hall–Kier alpha value is -2.84. The van der Waals surface area contributed by atoms with E-state index in [2.05, 4.69) is 10.3 Å². The van der Waals surface area contributed by atoms with Crippen LogP contribution in [-0.4, -0.2) is 15.8 Å². The number of hydrogen-bond acceptors (Lipinski definition) is 5. The van der Waals surface area contributed by atoms with Crippen LogP contribution in [0, 0.1) is 15.9 Å². The predicted molar refractivity (Wildman–Crippen MR) is 97.9 cm³/mol. The molecule has 0 radical (unpaired) electrons. The van der Waals surface area contributed by atoms with Gasteiger partial charge in [0.25, 0.3) is 5.69 Å². The lowest BCUT2D eigenvalue weighted by Gasteiger charge is -2.05. The molecule has 1 heterocycles.